The molecule has 16 heteroatoms. The Labute approximate surface area is 310 Å². The number of hydrogen-bond donors (Lipinski definition) is 3. The molecule has 0 saturated carbocycles. The number of nitrogens with zero attached hydrogens (tertiary/aromatic N) is 1. The van der Waals surface area contributed by atoms with Gasteiger partial charge in [-0.25, -0.2) is 17.6 Å². The van der Waals surface area contributed by atoms with E-state index in [-0.39, 0.29) is 11.3 Å². The van der Waals surface area contributed by atoms with E-state index in [1.165, 1.54) is 23.5 Å². The first-order chi connectivity index (χ1) is 25.1. The Kier molecular flexibility index (Phi) is 12.9. The molecule has 53 heavy (non-hydrogen) atoms. The highest BCUT2D eigenvalue weighted by molar-refractivity contribution is 7.89. The molecule has 2 aliphatic rings. The standard InChI is InChI=1S/C37H39ClF4N4O6S/c1-23-21-43-22-29(46(23)53(49,50)31-18-16-30(17-19-31)52-37(40,41)42)15-10-26-4-3-5-33(26)44-35(47)34(45-36(48)51-2)32(25-8-11-27(38)12-9-25)20-24-6-13-28(39)14-7-24/h3,5-9,11-14,16-19,23,29,32,34,43H,4,10,15,20-22H2,1-2H3,(H,44,47)(H,45,48)/t23-,29-,32-,34-/m0/s1. The molecule has 4 atom stereocenters. The molecule has 0 aromatic heterocycles. The summed E-state index contributed by atoms with van der Waals surface area (Å²) in [7, 11) is -2.93. The average Bonchev–Trinajstić information content (AvgIpc) is 3.55. The van der Waals surface area contributed by atoms with Crippen LogP contribution < -0.4 is 20.7 Å². The Bertz CT molecular complexity index is 1920. The van der Waals surface area contributed by atoms with Crippen molar-refractivity contribution in [3.63, 3.8) is 0 Å². The summed E-state index contributed by atoms with van der Waals surface area (Å²) in [5.41, 5.74) is 2.75. The Balaban J connectivity index is 1.36. The van der Waals surface area contributed by atoms with Crippen molar-refractivity contribution in [3.05, 3.63) is 118 Å². The van der Waals surface area contributed by atoms with Crippen LogP contribution in [-0.2, 0) is 26.0 Å². The third-order valence-electron chi connectivity index (χ3n) is 9.12. The third-order valence-corrected chi connectivity index (χ3v) is 11.5. The van der Waals surface area contributed by atoms with E-state index in [1.807, 2.05) is 6.08 Å². The second-order valence-corrected chi connectivity index (χ2v) is 15.0. The van der Waals surface area contributed by atoms with E-state index in [2.05, 4.69) is 20.7 Å². The van der Waals surface area contributed by atoms with Crippen molar-refractivity contribution in [2.75, 3.05) is 20.2 Å². The van der Waals surface area contributed by atoms with Gasteiger partial charge in [0.15, 0.2) is 0 Å². The van der Waals surface area contributed by atoms with Gasteiger partial charge in [0.05, 0.1) is 12.0 Å². The van der Waals surface area contributed by atoms with Crippen LogP contribution in [0, 0.1) is 5.82 Å². The second kappa shape index (κ2) is 17.1. The van der Waals surface area contributed by atoms with Crippen LogP contribution >= 0.6 is 11.6 Å². The van der Waals surface area contributed by atoms with Gasteiger partial charge in [-0.1, -0.05) is 41.9 Å². The van der Waals surface area contributed by atoms with Crippen LogP contribution in [0.15, 0.2) is 101 Å². The van der Waals surface area contributed by atoms with Gasteiger partial charge in [0.25, 0.3) is 0 Å². The first-order valence-electron chi connectivity index (χ1n) is 16.8. The Morgan fingerprint density at radius 1 is 1.02 bits per heavy atom. The minimum absolute atomic E-state index is 0.166. The predicted molar refractivity (Wildman–Crippen MR) is 190 cm³/mol. The van der Waals surface area contributed by atoms with Crippen LogP contribution in [0.4, 0.5) is 22.4 Å². The molecule has 0 spiro atoms. The Hall–Kier alpha value is -4.44. The number of sulfonamides is 1. The molecular weight excluding hydrogens is 740 g/mol. The first kappa shape index (κ1) is 39.8. The van der Waals surface area contributed by atoms with Gasteiger partial charge in [0.2, 0.25) is 15.9 Å². The number of alkyl halides is 3. The normalized spacial score (nSPS) is 19.1. The molecule has 0 bridgehead atoms. The number of carbonyl (C=O) groups excluding carboxylic acids is 2. The minimum Gasteiger partial charge on any atom is -0.453 e. The van der Waals surface area contributed by atoms with Gasteiger partial charge in [-0.05, 0) is 104 Å². The van der Waals surface area contributed by atoms with E-state index < -0.39 is 64.0 Å². The average molecular weight is 779 g/mol. The molecule has 10 nitrogen and oxygen atoms in total. The molecule has 2 amide bonds. The van der Waals surface area contributed by atoms with Crippen LogP contribution in [0.2, 0.25) is 5.02 Å². The molecular formula is C37H39ClF4N4O6S. The minimum atomic E-state index is -4.91. The van der Waals surface area contributed by atoms with Gasteiger partial charge in [-0.15, -0.1) is 13.2 Å². The third kappa shape index (κ3) is 10.4. The first-order valence-corrected chi connectivity index (χ1v) is 18.6. The molecule has 3 aromatic rings. The molecule has 1 saturated heterocycles. The maximum Gasteiger partial charge on any atom is 0.573 e. The molecule has 1 aliphatic heterocycles. The molecule has 284 valence electrons. The van der Waals surface area contributed by atoms with Crippen molar-refractivity contribution < 1.29 is 45.0 Å². The molecule has 1 aliphatic carbocycles. The van der Waals surface area contributed by atoms with Crippen LogP contribution in [0.1, 0.15) is 43.2 Å². The van der Waals surface area contributed by atoms with Crippen LogP contribution in [-0.4, -0.2) is 69.4 Å². The SMILES string of the molecule is COC(=O)N[C@H](C(=O)NC1=C(CC[C@H]2CNC[C@H](C)N2S(=O)(=O)c2ccc(OC(F)(F)F)cc2)CC=C1)[C@@H](Cc1ccc(F)cc1)c1ccc(Cl)cc1. The molecule has 1 fully saturated rings. The summed E-state index contributed by atoms with van der Waals surface area (Å²) in [6.45, 7) is 2.45. The zero-order valence-corrected chi connectivity index (χ0v) is 30.4. The zero-order chi connectivity index (χ0) is 38.3. The topological polar surface area (TPSA) is 126 Å². The number of nitrogens with one attached hydrogen (secondary N) is 3. The number of hydrogen-bond acceptors (Lipinski definition) is 7. The van der Waals surface area contributed by atoms with Crippen molar-refractivity contribution >= 4 is 33.6 Å². The summed E-state index contributed by atoms with van der Waals surface area (Å²) >= 11 is 6.15. The number of rotatable bonds is 13. The fourth-order valence-electron chi connectivity index (χ4n) is 6.61. The van der Waals surface area contributed by atoms with Crippen molar-refractivity contribution in [1.82, 2.24) is 20.3 Å². The van der Waals surface area contributed by atoms with Crippen molar-refractivity contribution in [1.29, 1.82) is 0 Å². The largest absolute Gasteiger partial charge is 0.573 e. The fourth-order valence-corrected chi connectivity index (χ4v) is 8.58. The molecule has 3 N–H and O–H groups in total. The highest BCUT2D eigenvalue weighted by Gasteiger charge is 2.39. The fraction of sp³-hybridized carbons (Fsp3) is 0.351. The van der Waals surface area contributed by atoms with Gasteiger partial charge < -0.3 is 25.4 Å². The lowest BCUT2D eigenvalue weighted by Gasteiger charge is -2.40. The predicted octanol–water partition coefficient (Wildman–Crippen LogP) is 6.59. The number of ether oxygens (including phenoxy) is 2. The number of alkyl carbamates (subject to hydrolysis) is 1. The number of halogens is 5. The Morgan fingerprint density at radius 2 is 1.70 bits per heavy atom. The quantitative estimate of drug-likeness (QED) is 0.167. The van der Waals surface area contributed by atoms with Crippen LogP contribution in [0.3, 0.4) is 0 Å². The van der Waals surface area contributed by atoms with Crippen LogP contribution in [0.25, 0.3) is 0 Å². The van der Waals surface area contributed by atoms with E-state index in [4.69, 9.17) is 16.3 Å². The summed E-state index contributed by atoms with van der Waals surface area (Å²) in [6, 6.07) is 14.7. The molecule has 0 radical (unpaired) electrons. The highest BCUT2D eigenvalue weighted by Crippen LogP contribution is 2.32. The highest BCUT2D eigenvalue weighted by atomic mass is 35.5. The smallest absolute Gasteiger partial charge is 0.453 e. The molecule has 0 unspecified atom stereocenters. The van der Waals surface area contributed by atoms with E-state index in [9.17, 15) is 35.6 Å². The van der Waals surface area contributed by atoms with Crippen molar-refractivity contribution in [2.45, 2.75) is 67.9 Å². The maximum absolute atomic E-state index is 14.1. The number of allylic oxidation sites excluding steroid dienone is 3. The van der Waals surface area contributed by atoms with Gasteiger partial charge in [-0.2, -0.15) is 4.31 Å². The summed E-state index contributed by atoms with van der Waals surface area (Å²) in [6.07, 6.45) is -0.625. The number of benzene rings is 3. The van der Waals surface area contributed by atoms with Gasteiger partial charge in [0, 0.05) is 41.8 Å². The van der Waals surface area contributed by atoms with Gasteiger partial charge in [-0.3, -0.25) is 4.79 Å². The number of amides is 2. The summed E-state index contributed by atoms with van der Waals surface area (Å²) in [5, 5.41) is 9.35. The van der Waals surface area contributed by atoms with E-state index in [1.54, 1.807) is 49.4 Å². The van der Waals surface area contributed by atoms with E-state index in [0.29, 0.717) is 48.6 Å². The zero-order valence-electron chi connectivity index (χ0n) is 28.8. The van der Waals surface area contributed by atoms with E-state index in [0.717, 1.165) is 35.4 Å². The van der Waals surface area contributed by atoms with Crippen molar-refractivity contribution in [2.24, 2.45) is 0 Å². The lowest BCUT2D eigenvalue weighted by molar-refractivity contribution is -0.274. The van der Waals surface area contributed by atoms with Gasteiger partial charge >= 0.3 is 12.5 Å². The Morgan fingerprint density at radius 3 is 2.34 bits per heavy atom. The molecule has 3 aromatic carbocycles. The molecule has 5 rings (SSSR count). The maximum atomic E-state index is 14.1. The summed E-state index contributed by atoms with van der Waals surface area (Å²) in [4.78, 5) is 26.5. The van der Waals surface area contributed by atoms with E-state index >= 15 is 0 Å². The molecule has 1 heterocycles. The lowest BCUT2D eigenvalue weighted by Crippen LogP contribution is -2.58. The number of carbonyl (C=O) groups is 2. The monoisotopic (exact) mass is 778 g/mol. The lowest BCUT2D eigenvalue weighted by atomic mass is 9.85. The van der Waals surface area contributed by atoms with Gasteiger partial charge in [0.1, 0.15) is 17.6 Å². The summed E-state index contributed by atoms with van der Waals surface area (Å²) in [5.74, 6) is -2.12. The number of methoxy groups -OCH3 is 1. The van der Waals surface area contributed by atoms with Crippen LogP contribution in [0.5, 0.6) is 5.75 Å². The second-order valence-electron chi connectivity index (χ2n) is 12.8. The number of piperazine rings is 1. The van der Waals surface area contributed by atoms with Crippen molar-refractivity contribution in [3.8, 4) is 5.75 Å². The summed E-state index contributed by atoms with van der Waals surface area (Å²) < 4.78 is 89.6.